The van der Waals surface area contributed by atoms with Crippen LogP contribution in [0.1, 0.15) is 0 Å². The summed E-state index contributed by atoms with van der Waals surface area (Å²) in [6.07, 6.45) is 0. The van der Waals surface area contributed by atoms with Crippen LogP contribution in [0, 0.1) is 0 Å². The van der Waals surface area contributed by atoms with E-state index in [1.54, 1.807) is 19.2 Å². The van der Waals surface area contributed by atoms with Crippen LogP contribution >= 0.6 is 11.6 Å². The molecule has 1 rings (SSSR count). The predicted molar refractivity (Wildman–Crippen MR) is 42.7 cm³/mol. The van der Waals surface area contributed by atoms with Gasteiger partial charge in [-0.3, -0.25) is 0 Å². The van der Waals surface area contributed by atoms with E-state index < -0.39 is 0 Å². The lowest BCUT2D eigenvalue weighted by Crippen LogP contribution is -1.86. The number of hydrogen-bond donors (Lipinski definition) is 2. The Labute approximate surface area is 64.4 Å². The molecule has 3 heteroatoms. The average molecular weight is 158 g/mol. The molecule has 0 atom stereocenters. The largest absolute Gasteiger partial charge is 0.508 e. The fraction of sp³-hybridized carbons (Fsp3) is 0.143. The van der Waals surface area contributed by atoms with Gasteiger partial charge in [0, 0.05) is 23.8 Å². The number of halogens is 1. The van der Waals surface area contributed by atoms with E-state index in [9.17, 15) is 0 Å². The molecular formula is C7H8ClNO. The summed E-state index contributed by atoms with van der Waals surface area (Å²) >= 11 is 5.63. The number of hydrogen-bond acceptors (Lipinski definition) is 2. The molecule has 0 aliphatic carbocycles. The highest BCUT2D eigenvalue weighted by Crippen LogP contribution is 2.22. The summed E-state index contributed by atoms with van der Waals surface area (Å²) < 4.78 is 0. The van der Waals surface area contributed by atoms with E-state index in [-0.39, 0.29) is 5.75 Å². The van der Waals surface area contributed by atoms with Crippen LogP contribution in [0.25, 0.3) is 0 Å². The Morgan fingerprint density at radius 1 is 1.40 bits per heavy atom. The second-order valence-electron chi connectivity index (χ2n) is 1.95. The minimum Gasteiger partial charge on any atom is -0.508 e. The highest BCUT2D eigenvalue weighted by atomic mass is 35.5. The van der Waals surface area contributed by atoms with Crippen LogP contribution in [0.5, 0.6) is 5.75 Å². The first-order chi connectivity index (χ1) is 4.72. The monoisotopic (exact) mass is 157 g/mol. The van der Waals surface area contributed by atoms with Gasteiger partial charge in [-0.05, 0) is 12.1 Å². The lowest BCUT2D eigenvalue weighted by Gasteiger charge is -2.00. The number of phenolic OH excluding ortho intramolecular Hbond substituents is 1. The number of anilines is 1. The zero-order valence-electron chi connectivity index (χ0n) is 5.56. The van der Waals surface area contributed by atoms with Crippen LogP contribution in [-0.4, -0.2) is 12.2 Å². The molecule has 0 aliphatic heterocycles. The van der Waals surface area contributed by atoms with Crippen molar-refractivity contribution in [3.8, 4) is 5.75 Å². The Hall–Kier alpha value is -0.890. The molecule has 0 bridgehead atoms. The fourth-order valence-corrected chi connectivity index (χ4v) is 0.948. The Bertz CT molecular complexity index is 217. The van der Waals surface area contributed by atoms with Crippen molar-refractivity contribution in [3.63, 3.8) is 0 Å². The van der Waals surface area contributed by atoms with Gasteiger partial charge in [0.05, 0.1) is 0 Å². The van der Waals surface area contributed by atoms with Gasteiger partial charge >= 0.3 is 0 Å². The fourth-order valence-electron chi connectivity index (χ4n) is 0.718. The van der Waals surface area contributed by atoms with Crippen molar-refractivity contribution in [2.75, 3.05) is 12.4 Å². The number of nitrogens with one attached hydrogen (secondary N) is 1. The SMILES string of the molecule is CNc1cc(O)cc(Cl)c1. The summed E-state index contributed by atoms with van der Waals surface area (Å²) in [6, 6.07) is 4.83. The summed E-state index contributed by atoms with van der Waals surface area (Å²) in [6.45, 7) is 0. The molecule has 0 saturated heterocycles. The molecule has 0 radical (unpaired) electrons. The molecule has 0 spiro atoms. The first-order valence-electron chi connectivity index (χ1n) is 2.89. The summed E-state index contributed by atoms with van der Waals surface area (Å²) in [5.41, 5.74) is 0.810. The third-order valence-corrected chi connectivity index (χ3v) is 1.39. The zero-order valence-corrected chi connectivity index (χ0v) is 6.31. The van der Waals surface area contributed by atoms with E-state index in [1.807, 2.05) is 0 Å². The van der Waals surface area contributed by atoms with Crippen molar-refractivity contribution >= 4 is 17.3 Å². The molecule has 2 N–H and O–H groups in total. The third kappa shape index (κ3) is 1.54. The second-order valence-corrected chi connectivity index (χ2v) is 2.38. The summed E-state index contributed by atoms with van der Waals surface area (Å²) in [7, 11) is 1.77. The molecule has 0 fully saturated rings. The van der Waals surface area contributed by atoms with Crippen molar-refractivity contribution in [1.29, 1.82) is 0 Å². The number of aromatic hydroxyl groups is 1. The molecule has 10 heavy (non-hydrogen) atoms. The molecule has 0 saturated carbocycles. The molecule has 1 aromatic carbocycles. The molecule has 54 valence electrons. The Balaban J connectivity index is 3.06. The smallest absolute Gasteiger partial charge is 0.119 e. The molecule has 0 amide bonds. The van der Waals surface area contributed by atoms with Crippen LogP contribution < -0.4 is 5.32 Å². The van der Waals surface area contributed by atoms with Gasteiger partial charge < -0.3 is 10.4 Å². The highest BCUT2D eigenvalue weighted by molar-refractivity contribution is 6.31. The van der Waals surface area contributed by atoms with Gasteiger partial charge in [-0.2, -0.15) is 0 Å². The lowest BCUT2D eigenvalue weighted by atomic mass is 10.3. The highest BCUT2D eigenvalue weighted by Gasteiger charge is 1.94. The van der Waals surface area contributed by atoms with E-state index in [2.05, 4.69) is 5.32 Å². The van der Waals surface area contributed by atoms with Gasteiger partial charge in [-0.25, -0.2) is 0 Å². The van der Waals surface area contributed by atoms with E-state index in [1.165, 1.54) is 6.07 Å². The van der Waals surface area contributed by atoms with Crippen molar-refractivity contribution in [3.05, 3.63) is 23.2 Å². The van der Waals surface area contributed by atoms with E-state index in [4.69, 9.17) is 16.7 Å². The maximum Gasteiger partial charge on any atom is 0.119 e. The van der Waals surface area contributed by atoms with Crippen LogP contribution in [0.4, 0.5) is 5.69 Å². The molecule has 0 aromatic heterocycles. The molecule has 0 aliphatic rings. The maximum atomic E-state index is 9.00. The van der Waals surface area contributed by atoms with Crippen LogP contribution in [0.3, 0.4) is 0 Å². The average Bonchev–Trinajstić information content (AvgIpc) is 1.85. The zero-order chi connectivity index (χ0) is 7.56. The molecule has 2 nitrogen and oxygen atoms in total. The second kappa shape index (κ2) is 2.80. The Kier molecular flexibility index (Phi) is 2.02. The first-order valence-corrected chi connectivity index (χ1v) is 3.27. The van der Waals surface area contributed by atoms with Gasteiger partial charge in [0.1, 0.15) is 5.75 Å². The quantitative estimate of drug-likeness (QED) is 0.654. The number of rotatable bonds is 1. The van der Waals surface area contributed by atoms with Crippen molar-refractivity contribution in [2.24, 2.45) is 0 Å². The first kappa shape index (κ1) is 7.22. The minimum absolute atomic E-state index is 0.178. The van der Waals surface area contributed by atoms with Gasteiger partial charge in [-0.15, -0.1) is 0 Å². The van der Waals surface area contributed by atoms with Crippen LogP contribution in [-0.2, 0) is 0 Å². The van der Waals surface area contributed by atoms with E-state index in [0.29, 0.717) is 5.02 Å². The molecule has 0 unspecified atom stereocenters. The van der Waals surface area contributed by atoms with Crippen LogP contribution in [0.2, 0.25) is 5.02 Å². The standard InChI is InChI=1S/C7H8ClNO/c1-9-6-2-5(8)3-7(10)4-6/h2-4,9-10H,1H3. The van der Waals surface area contributed by atoms with Crippen LogP contribution in [0.15, 0.2) is 18.2 Å². The number of benzene rings is 1. The van der Waals surface area contributed by atoms with Crippen molar-refractivity contribution in [2.45, 2.75) is 0 Å². The summed E-state index contributed by atoms with van der Waals surface area (Å²) in [5.74, 6) is 0.178. The van der Waals surface area contributed by atoms with Crippen molar-refractivity contribution in [1.82, 2.24) is 0 Å². The van der Waals surface area contributed by atoms with E-state index >= 15 is 0 Å². The Morgan fingerprint density at radius 3 is 2.60 bits per heavy atom. The topological polar surface area (TPSA) is 32.3 Å². The lowest BCUT2D eigenvalue weighted by molar-refractivity contribution is 0.475. The Morgan fingerprint density at radius 2 is 2.10 bits per heavy atom. The maximum absolute atomic E-state index is 9.00. The van der Waals surface area contributed by atoms with Gasteiger partial charge in [0.25, 0.3) is 0 Å². The van der Waals surface area contributed by atoms with Crippen molar-refractivity contribution < 1.29 is 5.11 Å². The molecular weight excluding hydrogens is 150 g/mol. The van der Waals surface area contributed by atoms with E-state index in [0.717, 1.165) is 5.69 Å². The van der Waals surface area contributed by atoms with Gasteiger partial charge in [0.15, 0.2) is 0 Å². The minimum atomic E-state index is 0.178. The molecule has 0 heterocycles. The summed E-state index contributed by atoms with van der Waals surface area (Å²) in [5, 5.41) is 12.4. The van der Waals surface area contributed by atoms with Gasteiger partial charge in [0.2, 0.25) is 0 Å². The summed E-state index contributed by atoms with van der Waals surface area (Å²) in [4.78, 5) is 0. The molecule has 1 aromatic rings. The van der Waals surface area contributed by atoms with Gasteiger partial charge in [-0.1, -0.05) is 11.6 Å². The predicted octanol–water partition coefficient (Wildman–Crippen LogP) is 2.09. The third-order valence-electron chi connectivity index (χ3n) is 1.17. The normalized spacial score (nSPS) is 9.40. The number of phenols is 1.